The summed E-state index contributed by atoms with van der Waals surface area (Å²) >= 11 is 0. The minimum atomic E-state index is -4.02. The third-order valence-corrected chi connectivity index (χ3v) is 8.46. The Labute approximate surface area is 247 Å². The highest BCUT2D eigenvalue weighted by atomic mass is 32.2. The summed E-state index contributed by atoms with van der Waals surface area (Å²) in [5, 5.41) is 0. The molecule has 5 heteroatoms. The molecule has 0 saturated carbocycles. The molecule has 0 spiro atoms. The fourth-order valence-corrected chi connectivity index (χ4v) is 5.68. The topological polar surface area (TPSA) is 57.6 Å². The van der Waals surface area contributed by atoms with Crippen LogP contribution in [-0.4, -0.2) is 38.5 Å². The molecule has 0 aromatic heterocycles. The number of rotatable bonds is 21. The molecule has 2 aromatic carbocycles. The van der Waals surface area contributed by atoms with Gasteiger partial charge in [0, 0.05) is 6.54 Å². The van der Waals surface area contributed by atoms with Crippen LogP contribution in [0.2, 0.25) is 0 Å². The van der Waals surface area contributed by atoms with Crippen LogP contribution in [-0.2, 0) is 16.5 Å². The fourth-order valence-electron chi connectivity index (χ4n) is 5.20. The third kappa shape index (κ3) is 20.2. The largest absolute Gasteiger partial charge is 0.309 e. The third-order valence-electron chi connectivity index (χ3n) is 7.59. The molecule has 2 rings (SSSR count). The van der Waals surface area contributed by atoms with Crippen LogP contribution in [0.25, 0.3) is 0 Å². The zero-order valence-electron chi connectivity index (χ0n) is 26.1. The Kier molecular flexibility index (Phi) is 20.8. The van der Waals surface area contributed by atoms with Crippen LogP contribution in [0, 0.1) is 12.8 Å². The van der Waals surface area contributed by atoms with Gasteiger partial charge in [0.05, 0.1) is 4.90 Å². The summed E-state index contributed by atoms with van der Waals surface area (Å²) < 4.78 is 29.6. The van der Waals surface area contributed by atoms with E-state index in [0.717, 1.165) is 11.5 Å². The predicted octanol–water partition coefficient (Wildman–Crippen LogP) is 9.91. The van der Waals surface area contributed by atoms with Gasteiger partial charge in [0.25, 0.3) is 10.1 Å². The molecular weight excluding hydrogens is 514 g/mol. The molecule has 0 radical (unpaired) electrons. The highest BCUT2D eigenvalue weighted by Gasteiger charge is 2.10. The van der Waals surface area contributed by atoms with Gasteiger partial charge in [0.15, 0.2) is 0 Å². The van der Waals surface area contributed by atoms with Crippen molar-refractivity contribution in [2.24, 2.45) is 5.92 Å². The van der Waals surface area contributed by atoms with E-state index >= 15 is 0 Å². The fraction of sp³-hybridized carbons (Fsp3) is 0.657. The van der Waals surface area contributed by atoms with Crippen molar-refractivity contribution in [2.75, 3.05) is 20.6 Å². The molecule has 1 unspecified atom stereocenters. The summed E-state index contributed by atoms with van der Waals surface area (Å²) in [7, 11) is 0.426. The van der Waals surface area contributed by atoms with Crippen molar-refractivity contribution in [1.82, 2.24) is 4.90 Å². The van der Waals surface area contributed by atoms with Crippen molar-refractivity contribution in [1.29, 1.82) is 0 Å². The van der Waals surface area contributed by atoms with Crippen molar-refractivity contribution in [2.45, 2.75) is 128 Å². The second-order valence-corrected chi connectivity index (χ2v) is 13.2. The maximum absolute atomic E-state index is 10.5. The van der Waals surface area contributed by atoms with Crippen molar-refractivity contribution >= 4 is 10.1 Å². The van der Waals surface area contributed by atoms with E-state index in [1.165, 1.54) is 133 Å². The van der Waals surface area contributed by atoms with E-state index in [-0.39, 0.29) is 4.90 Å². The van der Waals surface area contributed by atoms with E-state index in [4.69, 9.17) is 4.55 Å². The van der Waals surface area contributed by atoms with E-state index in [1.54, 1.807) is 12.1 Å². The number of benzene rings is 2. The molecule has 4 nitrogen and oxygen atoms in total. The van der Waals surface area contributed by atoms with Gasteiger partial charge in [-0.2, -0.15) is 8.42 Å². The van der Waals surface area contributed by atoms with Gasteiger partial charge >= 0.3 is 0 Å². The second-order valence-electron chi connectivity index (χ2n) is 11.8. The van der Waals surface area contributed by atoms with Gasteiger partial charge in [-0.3, -0.25) is 4.55 Å². The lowest BCUT2D eigenvalue weighted by molar-refractivity contribution is 0.292. The number of hydrogen-bond acceptors (Lipinski definition) is 3. The van der Waals surface area contributed by atoms with E-state index in [2.05, 4.69) is 56.3 Å². The van der Waals surface area contributed by atoms with Gasteiger partial charge in [0.1, 0.15) is 0 Å². The van der Waals surface area contributed by atoms with Crippen LogP contribution in [0.15, 0.2) is 59.5 Å². The Morgan fingerprint density at radius 2 is 1.15 bits per heavy atom. The molecule has 0 saturated heterocycles. The number of nitrogens with zero attached hydrogens (tertiary/aromatic N) is 1. The molecule has 0 amide bonds. The van der Waals surface area contributed by atoms with Gasteiger partial charge in [-0.25, -0.2) is 0 Å². The Morgan fingerprint density at radius 3 is 1.60 bits per heavy atom. The smallest absolute Gasteiger partial charge is 0.294 e. The monoisotopic (exact) mass is 573 g/mol. The van der Waals surface area contributed by atoms with E-state index in [0.29, 0.717) is 0 Å². The van der Waals surface area contributed by atoms with Gasteiger partial charge in [-0.1, -0.05) is 145 Å². The summed E-state index contributed by atoms with van der Waals surface area (Å²) in [4.78, 5) is 2.31. The zero-order valence-corrected chi connectivity index (χ0v) is 26.9. The van der Waals surface area contributed by atoms with Crippen LogP contribution >= 0.6 is 0 Å². The Balaban J connectivity index is 0.000000603. The van der Waals surface area contributed by atoms with Gasteiger partial charge in [-0.05, 0) is 63.9 Å². The van der Waals surface area contributed by atoms with E-state index in [9.17, 15) is 8.42 Å². The lowest BCUT2D eigenvalue weighted by atomic mass is 9.93. The van der Waals surface area contributed by atoms with Crippen LogP contribution in [0.5, 0.6) is 0 Å². The molecule has 0 fully saturated rings. The minimum absolute atomic E-state index is 0.0666. The SMILES string of the molecule is CCCCCCCCCCCCCCCCC(CCc1ccccc1)CN(C)C.Cc1ccc(S(=O)(=O)O)cc1. The average Bonchev–Trinajstić information content (AvgIpc) is 2.92. The van der Waals surface area contributed by atoms with Crippen molar-refractivity contribution in [3.63, 3.8) is 0 Å². The number of hydrogen-bond donors (Lipinski definition) is 1. The molecule has 0 heterocycles. The maximum atomic E-state index is 10.5. The van der Waals surface area contributed by atoms with E-state index in [1.807, 2.05) is 6.92 Å². The van der Waals surface area contributed by atoms with Crippen molar-refractivity contribution < 1.29 is 13.0 Å². The molecule has 0 aliphatic carbocycles. The first-order valence-electron chi connectivity index (χ1n) is 15.9. The summed E-state index contributed by atoms with van der Waals surface area (Å²) in [5.74, 6) is 0.850. The molecule has 0 aliphatic rings. The Hall–Kier alpha value is -1.69. The number of unbranched alkanes of at least 4 members (excludes halogenated alkanes) is 13. The van der Waals surface area contributed by atoms with Crippen LogP contribution < -0.4 is 0 Å². The maximum Gasteiger partial charge on any atom is 0.294 e. The summed E-state index contributed by atoms with van der Waals surface area (Å²) in [6, 6.07) is 17.0. The zero-order chi connectivity index (χ0) is 29.5. The lowest BCUT2D eigenvalue weighted by Gasteiger charge is -2.21. The summed E-state index contributed by atoms with van der Waals surface area (Å²) in [6.45, 7) is 5.38. The molecule has 0 bridgehead atoms. The summed E-state index contributed by atoms with van der Waals surface area (Å²) in [5.41, 5.74) is 2.45. The van der Waals surface area contributed by atoms with Crippen LogP contribution in [0.1, 0.15) is 121 Å². The first-order valence-corrected chi connectivity index (χ1v) is 17.4. The molecular formula is C35H59NO3S. The number of aryl methyl sites for hydroxylation is 2. The standard InChI is InChI=1S/C28H51N.C7H8O3S/c1-4-5-6-7-8-9-10-11-12-13-14-15-16-18-23-28(26-29(2)3)25-24-27-21-19-17-20-22-27;1-6-2-4-7(5-3-6)11(8,9)10/h17,19-22,28H,4-16,18,23-26H2,1-3H3;2-5H,1H3,(H,8,9,10). The Morgan fingerprint density at radius 1 is 0.675 bits per heavy atom. The highest BCUT2D eigenvalue weighted by molar-refractivity contribution is 7.85. The van der Waals surface area contributed by atoms with Gasteiger partial charge in [-0.15, -0.1) is 0 Å². The minimum Gasteiger partial charge on any atom is -0.309 e. The first-order chi connectivity index (χ1) is 19.2. The van der Waals surface area contributed by atoms with Crippen LogP contribution in [0.4, 0.5) is 0 Å². The first kappa shape index (κ1) is 36.3. The average molecular weight is 574 g/mol. The highest BCUT2D eigenvalue weighted by Crippen LogP contribution is 2.19. The molecule has 1 N–H and O–H groups in total. The molecule has 1 atom stereocenters. The molecule has 40 heavy (non-hydrogen) atoms. The molecule has 0 aliphatic heterocycles. The normalized spacial score (nSPS) is 12.2. The second kappa shape index (κ2) is 22.9. The van der Waals surface area contributed by atoms with Gasteiger partial charge < -0.3 is 4.90 Å². The lowest BCUT2D eigenvalue weighted by Crippen LogP contribution is -2.22. The molecule has 2 aromatic rings. The Bertz CT molecular complexity index is 942. The summed E-state index contributed by atoms with van der Waals surface area (Å²) in [6.07, 6.45) is 24.3. The quantitative estimate of drug-likeness (QED) is 0.119. The van der Waals surface area contributed by atoms with Crippen molar-refractivity contribution in [3.8, 4) is 0 Å². The van der Waals surface area contributed by atoms with Gasteiger partial charge in [0.2, 0.25) is 0 Å². The van der Waals surface area contributed by atoms with Crippen molar-refractivity contribution in [3.05, 3.63) is 65.7 Å². The molecule has 228 valence electrons. The van der Waals surface area contributed by atoms with E-state index < -0.39 is 10.1 Å². The van der Waals surface area contributed by atoms with Crippen LogP contribution in [0.3, 0.4) is 0 Å². The predicted molar refractivity (Wildman–Crippen MR) is 173 cm³/mol.